The SMILES string of the molecule is CCN(CC)C(=O)n1cnc(S(=O)(=O)C(CC(C)C)C(=O)OC(C)(C)C)n1. The van der Waals surface area contributed by atoms with Crippen molar-refractivity contribution in [1.29, 1.82) is 0 Å². The average Bonchev–Trinajstić information content (AvgIpc) is 3.02. The molecule has 1 atom stereocenters. The Kier molecular flexibility index (Phi) is 7.53. The minimum Gasteiger partial charge on any atom is -0.459 e. The van der Waals surface area contributed by atoms with Crippen molar-refractivity contribution in [3.63, 3.8) is 0 Å². The van der Waals surface area contributed by atoms with E-state index in [4.69, 9.17) is 4.74 Å². The zero-order valence-corrected chi connectivity index (χ0v) is 17.9. The summed E-state index contributed by atoms with van der Waals surface area (Å²) in [6.45, 7) is 13.1. The fraction of sp³-hybridized carbons (Fsp3) is 0.765. The van der Waals surface area contributed by atoms with Crippen LogP contribution in [0, 0.1) is 5.92 Å². The summed E-state index contributed by atoms with van der Waals surface area (Å²) in [5.74, 6) is -0.917. The highest BCUT2D eigenvalue weighted by Gasteiger charge is 2.40. The normalized spacial score (nSPS) is 13.5. The third-order valence-electron chi connectivity index (χ3n) is 3.68. The molecule has 0 radical (unpaired) electrons. The van der Waals surface area contributed by atoms with Crippen LogP contribution in [-0.2, 0) is 19.4 Å². The molecule has 10 heteroatoms. The van der Waals surface area contributed by atoms with Crippen molar-refractivity contribution >= 4 is 21.8 Å². The number of rotatable bonds is 7. The standard InChI is InChI=1S/C17H30N4O5S/c1-8-20(9-2)16(23)21-11-18-15(19-21)27(24,25)13(10-12(3)4)14(22)26-17(5,6)7/h11-13H,8-10H2,1-7H3. The number of sulfone groups is 1. The molecule has 0 aromatic carbocycles. The number of carbonyl (C=O) groups is 2. The van der Waals surface area contributed by atoms with Crippen LogP contribution >= 0.6 is 0 Å². The first-order valence-corrected chi connectivity index (χ1v) is 10.6. The van der Waals surface area contributed by atoms with Gasteiger partial charge in [0, 0.05) is 13.1 Å². The summed E-state index contributed by atoms with van der Waals surface area (Å²) >= 11 is 0. The summed E-state index contributed by atoms with van der Waals surface area (Å²) in [5, 5.41) is 1.83. The quantitative estimate of drug-likeness (QED) is 0.642. The summed E-state index contributed by atoms with van der Waals surface area (Å²) < 4.78 is 32.1. The van der Waals surface area contributed by atoms with Crippen molar-refractivity contribution in [2.45, 2.75) is 70.9 Å². The van der Waals surface area contributed by atoms with Crippen LogP contribution < -0.4 is 0 Å². The molecular weight excluding hydrogens is 372 g/mol. The number of nitrogens with zero attached hydrogens (tertiary/aromatic N) is 4. The minimum absolute atomic E-state index is 0.0653. The van der Waals surface area contributed by atoms with Crippen LogP contribution in [0.4, 0.5) is 4.79 Å². The van der Waals surface area contributed by atoms with Gasteiger partial charge in [-0.15, -0.1) is 5.10 Å². The second-order valence-electron chi connectivity index (χ2n) is 7.62. The van der Waals surface area contributed by atoms with Crippen LogP contribution in [0.15, 0.2) is 11.5 Å². The predicted molar refractivity (Wildman–Crippen MR) is 100 cm³/mol. The van der Waals surface area contributed by atoms with Crippen molar-refractivity contribution in [2.24, 2.45) is 5.92 Å². The molecule has 154 valence electrons. The molecule has 1 aromatic rings. The van der Waals surface area contributed by atoms with Gasteiger partial charge >= 0.3 is 12.0 Å². The van der Waals surface area contributed by atoms with E-state index in [1.807, 2.05) is 13.8 Å². The first kappa shape index (κ1) is 23.1. The highest BCUT2D eigenvalue weighted by atomic mass is 32.2. The number of aromatic nitrogens is 3. The lowest BCUT2D eigenvalue weighted by molar-refractivity contribution is -0.154. The van der Waals surface area contributed by atoms with E-state index in [-0.39, 0.29) is 12.3 Å². The molecule has 0 aliphatic carbocycles. The minimum atomic E-state index is -4.21. The molecule has 27 heavy (non-hydrogen) atoms. The Hall–Kier alpha value is -1.97. The molecule has 1 amide bonds. The molecule has 0 fully saturated rings. The maximum Gasteiger partial charge on any atom is 0.346 e. The van der Waals surface area contributed by atoms with Crippen molar-refractivity contribution in [3.8, 4) is 0 Å². The number of esters is 1. The van der Waals surface area contributed by atoms with Gasteiger partial charge in [0.15, 0.2) is 5.25 Å². The van der Waals surface area contributed by atoms with Gasteiger partial charge in [-0.2, -0.15) is 4.68 Å². The Morgan fingerprint density at radius 1 is 1.22 bits per heavy atom. The number of amides is 1. The monoisotopic (exact) mass is 402 g/mol. The van der Waals surface area contributed by atoms with E-state index in [2.05, 4.69) is 10.1 Å². The van der Waals surface area contributed by atoms with E-state index in [0.29, 0.717) is 13.1 Å². The third-order valence-corrected chi connectivity index (χ3v) is 5.52. The molecule has 0 aliphatic heterocycles. The summed E-state index contributed by atoms with van der Waals surface area (Å²) in [6.07, 6.45) is 1.12. The molecule has 0 N–H and O–H groups in total. The van der Waals surface area contributed by atoms with Crippen LogP contribution in [0.3, 0.4) is 0 Å². The molecule has 1 heterocycles. The number of ether oxygens (including phenoxy) is 1. The Morgan fingerprint density at radius 2 is 1.78 bits per heavy atom. The fourth-order valence-corrected chi connectivity index (χ4v) is 3.97. The molecule has 1 aromatic heterocycles. The van der Waals surface area contributed by atoms with Gasteiger partial charge in [0.1, 0.15) is 11.9 Å². The van der Waals surface area contributed by atoms with E-state index in [1.165, 1.54) is 4.90 Å². The molecule has 1 rings (SSSR count). The van der Waals surface area contributed by atoms with E-state index in [0.717, 1.165) is 11.0 Å². The van der Waals surface area contributed by atoms with Gasteiger partial charge in [0.25, 0.3) is 5.16 Å². The first-order chi connectivity index (χ1) is 12.3. The molecule has 0 aliphatic rings. The summed E-state index contributed by atoms with van der Waals surface area (Å²) in [5.41, 5.74) is -0.826. The van der Waals surface area contributed by atoms with Crippen molar-refractivity contribution in [2.75, 3.05) is 13.1 Å². The summed E-state index contributed by atoms with van der Waals surface area (Å²) in [7, 11) is -4.21. The highest BCUT2D eigenvalue weighted by Crippen LogP contribution is 2.22. The van der Waals surface area contributed by atoms with Crippen LogP contribution in [-0.4, -0.2) is 64.0 Å². The van der Waals surface area contributed by atoms with Crippen molar-refractivity contribution in [1.82, 2.24) is 19.7 Å². The molecule has 0 saturated heterocycles. The second kappa shape index (κ2) is 8.81. The highest BCUT2D eigenvalue weighted by molar-refractivity contribution is 7.92. The Bertz CT molecular complexity index is 761. The Labute approximate surface area is 161 Å². The zero-order chi connectivity index (χ0) is 21.0. The second-order valence-corrected chi connectivity index (χ2v) is 9.65. The van der Waals surface area contributed by atoms with Gasteiger partial charge in [-0.1, -0.05) is 13.8 Å². The largest absolute Gasteiger partial charge is 0.459 e. The maximum atomic E-state index is 13.0. The molecule has 0 bridgehead atoms. The lowest BCUT2D eigenvalue weighted by Gasteiger charge is -2.24. The third kappa shape index (κ3) is 6.02. The molecule has 1 unspecified atom stereocenters. The van der Waals surface area contributed by atoms with Crippen molar-refractivity contribution in [3.05, 3.63) is 6.33 Å². The predicted octanol–water partition coefficient (Wildman–Crippen LogP) is 2.12. The molecule has 0 saturated carbocycles. The van der Waals surface area contributed by atoms with Crippen LogP contribution in [0.25, 0.3) is 0 Å². The first-order valence-electron chi connectivity index (χ1n) is 9.01. The summed E-state index contributed by atoms with van der Waals surface area (Å²) in [6, 6.07) is -0.480. The molecule has 9 nitrogen and oxygen atoms in total. The topological polar surface area (TPSA) is 111 Å². The van der Waals surface area contributed by atoms with E-state index < -0.39 is 37.8 Å². The van der Waals surface area contributed by atoms with Gasteiger partial charge in [0.05, 0.1) is 0 Å². The zero-order valence-electron chi connectivity index (χ0n) is 17.1. The van der Waals surface area contributed by atoms with Crippen LogP contribution in [0.2, 0.25) is 0 Å². The van der Waals surface area contributed by atoms with Crippen LogP contribution in [0.5, 0.6) is 0 Å². The smallest absolute Gasteiger partial charge is 0.346 e. The number of hydrogen-bond donors (Lipinski definition) is 0. The van der Waals surface area contributed by atoms with Gasteiger partial charge < -0.3 is 9.64 Å². The number of carbonyl (C=O) groups excluding carboxylic acids is 2. The Morgan fingerprint density at radius 3 is 2.22 bits per heavy atom. The van der Waals surface area contributed by atoms with Gasteiger partial charge in [-0.25, -0.2) is 18.2 Å². The summed E-state index contributed by atoms with van der Waals surface area (Å²) in [4.78, 5) is 30.1. The van der Waals surface area contributed by atoms with E-state index >= 15 is 0 Å². The van der Waals surface area contributed by atoms with E-state index in [9.17, 15) is 18.0 Å². The van der Waals surface area contributed by atoms with Crippen molar-refractivity contribution < 1.29 is 22.7 Å². The van der Waals surface area contributed by atoms with Crippen LogP contribution in [0.1, 0.15) is 54.9 Å². The van der Waals surface area contributed by atoms with Gasteiger partial charge in [-0.3, -0.25) is 4.79 Å². The molecular formula is C17H30N4O5S. The number of hydrogen-bond acceptors (Lipinski definition) is 7. The fourth-order valence-electron chi connectivity index (χ4n) is 2.38. The van der Waals surface area contributed by atoms with Gasteiger partial charge in [-0.05, 0) is 47.0 Å². The van der Waals surface area contributed by atoms with E-state index in [1.54, 1.807) is 34.6 Å². The lowest BCUT2D eigenvalue weighted by Crippen LogP contribution is -2.38. The van der Waals surface area contributed by atoms with Gasteiger partial charge in [0.2, 0.25) is 9.84 Å². The average molecular weight is 403 g/mol. The molecule has 0 spiro atoms. The lowest BCUT2D eigenvalue weighted by atomic mass is 10.1. The Balaban J connectivity index is 3.23. The maximum absolute atomic E-state index is 13.0.